The Labute approximate surface area is 117 Å². The normalized spacial score (nSPS) is 16.9. The van der Waals surface area contributed by atoms with Crippen molar-refractivity contribution in [1.82, 2.24) is 25.6 Å². The Hall–Kier alpha value is -1.68. The number of anilines is 1. The molecule has 0 aromatic carbocycles. The van der Waals surface area contributed by atoms with Gasteiger partial charge >= 0.3 is 0 Å². The molecule has 9 nitrogen and oxygen atoms in total. The quantitative estimate of drug-likeness (QED) is 0.610. The molecule has 20 heavy (non-hydrogen) atoms. The first-order valence-corrected chi connectivity index (χ1v) is 8.19. The molecule has 112 valence electrons. The molecule has 10 heteroatoms. The molecule has 2 rings (SSSR count). The standard InChI is InChI=1S/C10H18N6O3S/c1-20(18,19)14-9-6-16(15-13-9)7-10(17)12-8-2-4-11-5-3-8/h6,8,11,14H,2-5,7H2,1H3,(H,12,17). The largest absolute Gasteiger partial charge is 0.352 e. The first kappa shape index (κ1) is 14.7. The van der Waals surface area contributed by atoms with Gasteiger partial charge in [-0.1, -0.05) is 5.21 Å². The predicted octanol–water partition coefficient (Wildman–Crippen LogP) is -1.48. The van der Waals surface area contributed by atoms with Gasteiger partial charge in [0.1, 0.15) is 6.54 Å². The predicted molar refractivity (Wildman–Crippen MR) is 72.5 cm³/mol. The molecule has 1 aliphatic rings. The lowest BCUT2D eigenvalue weighted by molar-refractivity contribution is -0.122. The van der Waals surface area contributed by atoms with Crippen molar-refractivity contribution in [2.45, 2.75) is 25.4 Å². The van der Waals surface area contributed by atoms with E-state index >= 15 is 0 Å². The van der Waals surface area contributed by atoms with E-state index in [0.29, 0.717) is 0 Å². The van der Waals surface area contributed by atoms with Gasteiger partial charge in [-0.15, -0.1) is 5.10 Å². The molecule has 0 spiro atoms. The number of carbonyl (C=O) groups excluding carboxylic acids is 1. The summed E-state index contributed by atoms with van der Waals surface area (Å²) in [5.74, 6) is -0.0603. The van der Waals surface area contributed by atoms with E-state index in [0.717, 1.165) is 32.2 Å². The van der Waals surface area contributed by atoms with E-state index in [9.17, 15) is 13.2 Å². The molecule has 1 aromatic heterocycles. The zero-order valence-corrected chi connectivity index (χ0v) is 12.0. The van der Waals surface area contributed by atoms with Gasteiger partial charge in [0, 0.05) is 6.04 Å². The van der Waals surface area contributed by atoms with Crippen molar-refractivity contribution < 1.29 is 13.2 Å². The monoisotopic (exact) mass is 302 g/mol. The molecular weight excluding hydrogens is 284 g/mol. The van der Waals surface area contributed by atoms with Gasteiger partial charge in [0.25, 0.3) is 0 Å². The van der Waals surface area contributed by atoms with E-state index in [2.05, 4.69) is 25.7 Å². The van der Waals surface area contributed by atoms with E-state index in [4.69, 9.17) is 0 Å². The fourth-order valence-corrected chi connectivity index (χ4v) is 2.47. The second-order valence-electron chi connectivity index (χ2n) is 4.77. The molecule has 0 radical (unpaired) electrons. The molecule has 1 aromatic rings. The van der Waals surface area contributed by atoms with E-state index < -0.39 is 10.0 Å². The number of sulfonamides is 1. The van der Waals surface area contributed by atoms with E-state index in [-0.39, 0.29) is 24.3 Å². The van der Waals surface area contributed by atoms with Crippen LogP contribution in [0, 0.1) is 0 Å². The number of nitrogens with zero attached hydrogens (tertiary/aromatic N) is 3. The van der Waals surface area contributed by atoms with Crippen LogP contribution in [0.2, 0.25) is 0 Å². The summed E-state index contributed by atoms with van der Waals surface area (Å²) < 4.78 is 25.5. The zero-order valence-electron chi connectivity index (χ0n) is 11.2. The molecule has 1 fully saturated rings. The maximum absolute atomic E-state index is 11.8. The van der Waals surface area contributed by atoms with Gasteiger partial charge in [-0.2, -0.15) is 0 Å². The smallest absolute Gasteiger partial charge is 0.242 e. The Bertz CT molecular complexity index is 563. The van der Waals surface area contributed by atoms with Crippen molar-refractivity contribution in [3.8, 4) is 0 Å². The zero-order chi connectivity index (χ0) is 14.6. The number of rotatable bonds is 5. The van der Waals surface area contributed by atoms with Crippen LogP contribution < -0.4 is 15.4 Å². The van der Waals surface area contributed by atoms with Crippen molar-refractivity contribution in [3.63, 3.8) is 0 Å². The van der Waals surface area contributed by atoms with Gasteiger partial charge in [-0.05, 0) is 25.9 Å². The van der Waals surface area contributed by atoms with E-state index in [1.165, 1.54) is 10.9 Å². The number of amides is 1. The highest BCUT2D eigenvalue weighted by Gasteiger charge is 2.16. The van der Waals surface area contributed by atoms with Crippen molar-refractivity contribution in [1.29, 1.82) is 0 Å². The molecular formula is C10H18N6O3S. The highest BCUT2D eigenvalue weighted by Crippen LogP contribution is 2.04. The van der Waals surface area contributed by atoms with Crippen LogP contribution in [0.15, 0.2) is 6.20 Å². The van der Waals surface area contributed by atoms with Crippen LogP contribution in [0.4, 0.5) is 5.82 Å². The summed E-state index contributed by atoms with van der Waals surface area (Å²) in [5.41, 5.74) is 0. The molecule has 0 atom stereocenters. The molecule has 1 saturated heterocycles. The Morgan fingerprint density at radius 3 is 2.85 bits per heavy atom. The highest BCUT2D eigenvalue weighted by atomic mass is 32.2. The van der Waals surface area contributed by atoms with E-state index in [1.54, 1.807) is 0 Å². The third-order valence-corrected chi connectivity index (χ3v) is 3.42. The average Bonchev–Trinajstić information content (AvgIpc) is 2.75. The molecule has 0 unspecified atom stereocenters. The summed E-state index contributed by atoms with van der Waals surface area (Å²) in [5, 5.41) is 13.5. The first-order valence-electron chi connectivity index (χ1n) is 6.30. The fourth-order valence-electron chi connectivity index (χ4n) is 2.00. The summed E-state index contributed by atoms with van der Waals surface area (Å²) in [7, 11) is -3.39. The van der Waals surface area contributed by atoms with Crippen LogP contribution in [0.1, 0.15) is 12.8 Å². The van der Waals surface area contributed by atoms with Crippen LogP contribution in [-0.2, 0) is 21.4 Å². The van der Waals surface area contributed by atoms with Crippen molar-refractivity contribution in [2.24, 2.45) is 0 Å². The molecule has 3 N–H and O–H groups in total. The second kappa shape index (κ2) is 6.18. The Morgan fingerprint density at radius 1 is 1.50 bits per heavy atom. The number of carbonyl (C=O) groups is 1. The van der Waals surface area contributed by atoms with Crippen LogP contribution >= 0.6 is 0 Å². The fraction of sp³-hybridized carbons (Fsp3) is 0.700. The molecule has 1 amide bonds. The second-order valence-corrected chi connectivity index (χ2v) is 6.52. The Balaban J connectivity index is 1.85. The number of piperidine rings is 1. The van der Waals surface area contributed by atoms with Crippen molar-refractivity contribution >= 4 is 21.7 Å². The number of hydrogen-bond donors (Lipinski definition) is 3. The van der Waals surface area contributed by atoms with E-state index in [1.807, 2.05) is 0 Å². The van der Waals surface area contributed by atoms with Gasteiger partial charge < -0.3 is 10.6 Å². The maximum atomic E-state index is 11.8. The lowest BCUT2D eigenvalue weighted by atomic mass is 10.1. The number of nitrogens with one attached hydrogen (secondary N) is 3. The molecule has 2 heterocycles. The van der Waals surface area contributed by atoms with Gasteiger partial charge in [0.2, 0.25) is 15.9 Å². The SMILES string of the molecule is CS(=O)(=O)Nc1cn(CC(=O)NC2CCNCC2)nn1. The third-order valence-electron chi connectivity index (χ3n) is 2.84. The lowest BCUT2D eigenvalue weighted by Crippen LogP contribution is -2.43. The summed E-state index contributed by atoms with van der Waals surface area (Å²) in [4.78, 5) is 11.8. The lowest BCUT2D eigenvalue weighted by Gasteiger charge is -2.23. The minimum atomic E-state index is -3.39. The van der Waals surface area contributed by atoms with Gasteiger partial charge in [-0.25, -0.2) is 13.1 Å². The summed E-state index contributed by atoms with van der Waals surface area (Å²) >= 11 is 0. The van der Waals surface area contributed by atoms with Gasteiger partial charge in [0.05, 0.1) is 12.5 Å². The van der Waals surface area contributed by atoms with Crippen LogP contribution in [-0.4, -0.2) is 54.7 Å². The van der Waals surface area contributed by atoms with Gasteiger partial charge in [-0.3, -0.25) is 9.52 Å². The molecule has 0 aliphatic carbocycles. The van der Waals surface area contributed by atoms with Crippen LogP contribution in [0.5, 0.6) is 0 Å². The number of hydrogen-bond acceptors (Lipinski definition) is 6. The average molecular weight is 302 g/mol. The van der Waals surface area contributed by atoms with Crippen molar-refractivity contribution in [3.05, 3.63) is 6.20 Å². The number of aromatic nitrogens is 3. The highest BCUT2D eigenvalue weighted by molar-refractivity contribution is 7.92. The summed E-state index contributed by atoms with van der Waals surface area (Å²) in [6, 6.07) is 0.181. The summed E-state index contributed by atoms with van der Waals surface area (Å²) in [6.45, 7) is 1.82. The first-order chi connectivity index (χ1) is 9.42. The molecule has 0 saturated carbocycles. The van der Waals surface area contributed by atoms with Crippen molar-refractivity contribution in [2.75, 3.05) is 24.1 Å². The van der Waals surface area contributed by atoms with Gasteiger partial charge in [0.15, 0.2) is 5.82 Å². The Morgan fingerprint density at radius 2 is 2.20 bits per heavy atom. The topological polar surface area (TPSA) is 118 Å². The summed E-state index contributed by atoms with van der Waals surface area (Å²) in [6.07, 6.45) is 4.22. The maximum Gasteiger partial charge on any atom is 0.242 e. The van der Waals surface area contributed by atoms with Crippen LogP contribution in [0.25, 0.3) is 0 Å². The minimum absolute atomic E-state index is 0.0162. The molecule has 0 bridgehead atoms. The Kier molecular flexibility index (Phi) is 4.55. The minimum Gasteiger partial charge on any atom is -0.352 e. The van der Waals surface area contributed by atoms with Crippen LogP contribution in [0.3, 0.4) is 0 Å². The molecule has 1 aliphatic heterocycles. The third kappa shape index (κ3) is 4.78.